The van der Waals surface area contributed by atoms with Gasteiger partial charge in [-0.25, -0.2) is 23.2 Å². The van der Waals surface area contributed by atoms with Gasteiger partial charge in [-0.3, -0.25) is 0 Å². The Morgan fingerprint density at radius 2 is 1.69 bits per heavy atom. The van der Waals surface area contributed by atoms with Gasteiger partial charge in [0.25, 0.3) is 0 Å². The monoisotopic (exact) mass is 518 g/mol. The van der Waals surface area contributed by atoms with Crippen LogP contribution in [0.25, 0.3) is 11.0 Å². The second-order valence-corrected chi connectivity index (χ2v) is 10.2. The van der Waals surface area contributed by atoms with Crippen molar-refractivity contribution in [3.63, 3.8) is 0 Å². The van der Waals surface area contributed by atoms with Gasteiger partial charge in [-0.1, -0.05) is 28.1 Å². The van der Waals surface area contributed by atoms with Gasteiger partial charge in [0.1, 0.15) is 0 Å². The van der Waals surface area contributed by atoms with Crippen LogP contribution in [0.4, 0.5) is 5.82 Å². The first-order valence-corrected chi connectivity index (χ1v) is 12.6. The summed E-state index contributed by atoms with van der Waals surface area (Å²) in [6, 6.07) is 13.9. The molecule has 0 radical (unpaired) electrons. The molecular formula is C22H23BrN4O4S. The maximum atomic E-state index is 13.1. The van der Waals surface area contributed by atoms with Crippen molar-refractivity contribution in [3.8, 4) is 0 Å². The van der Waals surface area contributed by atoms with Gasteiger partial charge in [0, 0.05) is 30.7 Å². The summed E-state index contributed by atoms with van der Waals surface area (Å²) >= 11 is 3.34. The van der Waals surface area contributed by atoms with E-state index < -0.39 is 16.0 Å². The van der Waals surface area contributed by atoms with E-state index in [1.807, 2.05) is 23.1 Å². The highest BCUT2D eigenvalue weighted by Crippen LogP contribution is 2.25. The minimum Gasteiger partial charge on any atom is -0.461 e. The van der Waals surface area contributed by atoms with Crippen molar-refractivity contribution in [1.82, 2.24) is 14.3 Å². The second kappa shape index (κ2) is 9.51. The van der Waals surface area contributed by atoms with Crippen molar-refractivity contribution in [2.45, 2.75) is 18.2 Å². The molecule has 0 N–H and O–H groups in total. The number of fused-ring (bicyclic) bond motifs is 1. The lowest BCUT2D eigenvalue weighted by Gasteiger charge is -2.24. The molecule has 3 aromatic rings. The molecule has 2 heterocycles. The Balaban J connectivity index is 1.63. The van der Waals surface area contributed by atoms with Crippen LogP contribution >= 0.6 is 15.9 Å². The summed E-state index contributed by atoms with van der Waals surface area (Å²) in [5, 5.41) is 0. The van der Waals surface area contributed by atoms with Crippen LogP contribution < -0.4 is 4.90 Å². The smallest absolute Gasteiger partial charge is 0.360 e. The molecule has 0 unspecified atom stereocenters. The Morgan fingerprint density at radius 3 is 2.38 bits per heavy atom. The zero-order valence-corrected chi connectivity index (χ0v) is 20.0. The summed E-state index contributed by atoms with van der Waals surface area (Å²) in [5.41, 5.74) is 1.42. The number of nitrogens with zero attached hydrogens (tertiary/aromatic N) is 4. The summed E-state index contributed by atoms with van der Waals surface area (Å²) < 4.78 is 33.7. The number of hydrogen-bond acceptors (Lipinski definition) is 7. The van der Waals surface area contributed by atoms with E-state index >= 15 is 0 Å². The van der Waals surface area contributed by atoms with E-state index in [1.165, 1.54) is 4.31 Å². The molecule has 0 spiro atoms. The fourth-order valence-corrected chi connectivity index (χ4v) is 5.38. The SMILES string of the molecule is CCOC(=O)c1nc2ccccc2nc1N1CCCN(S(=O)(=O)c2ccc(Br)cc2)CC1. The Bertz CT molecular complexity index is 1230. The minimum atomic E-state index is -3.62. The van der Waals surface area contributed by atoms with Gasteiger partial charge in [-0.05, 0) is 49.7 Å². The number of benzene rings is 2. The highest BCUT2D eigenvalue weighted by Gasteiger charge is 2.29. The lowest BCUT2D eigenvalue weighted by atomic mass is 10.2. The topological polar surface area (TPSA) is 92.7 Å². The van der Waals surface area contributed by atoms with E-state index in [-0.39, 0.29) is 23.7 Å². The third-order valence-corrected chi connectivity index (χ3v) is 7.67. The van der Waals surface area contributed by atoms with E-state index in [9.17, 15) is 13.2 Å². The summed E-state index contributed by atoms with van der Waals surface area (Å²) in [4.78, 5) is 24.0. The predicted molar refractivity (Wildman–Crippen MR) is 125 cm³/mol. The molecule has 32 heavy (non-hydrogen) atoms. The quantitative estimate of drug-likeness (QED) is 0.477. The predicted octanol–water partition coefficient (Wildman–Crippen LogP) is 3.47. The molecule has 2 aromatic carbocycles. The van der Waals surface area contributed by atoms with Gasteiger partial charge < -0.3 is 9.64 Å². The lowest BCUT2D eigenvalue weighted by molar-refractivity contribution is 0.0520. The van der Waals surface area contributed by atoms with Crippen LogP contribution in [0, 0.1) is 0 Å². The van der Waals surface area contributed by atoms with Crippen molar-refractivity contribution >= 4 is 48.8 Å². The van der Waals surface area contributed by atoms with E-state index in [4.69, 9.17) is 4.74 Å². The van der Waals surface area contributed by atoms with E-state index in [0.717, 1.165) is 4.47 Å². The molecule has 10 heteroatoms. The molecule has 1 aliphatic heterocycles. The van der Waals surface area contributed by atoms with Crippen LogP contribution in [-0.2, 0) is 14.8 Å². The fourth-order valence-electron chi connectivity index (χ4n) is 3.65. The molecule has 1 aliphatic rings. The molecule has 0 bridgehead atoms. The third-order valence-electron chi connectivity index (χ3n) is 5.23. The van der Waals surface area contributed by atoms with Crippen LogP contribution in [0.2, 0.25) is 0 Å². The number of rotatable bonds is 5. The summed E-state index contributed by atoms with van der Waals surface area (Å²) in [6.45, 7) is 3.55. The molecule has 1 aromatic heterocycles. The number of para-hydroxylation sites is 2. The largest absolute Gasteiger partial charge is 0.461 e. The van der Waals surface area contributed by atoms with E-state index in [1.54, 1.807) is 37.3 Å². The Labute approximate surface area is 195 Å². The number of sulfonamides is 1. The van der Waals surface area contributed by atoms with E-state index in [2.05, 4.69) is 25.9 Å². The first-order valence-electron chi connectivity index (χ1n) is 10.3. The third kappa shape index (κ3) is 4.62. The number of hydrogen-bond donors (Lipinski definition) is 0. The molecule has 0 atom stereocenters. The van der Waals surface area contributed by atoms with Crippen molar-refractivity contribution in [1.29, 1.82) is 0 Å². The Kier molecular flexibility index (Phi) is 6.73. The van der Waals surface area contributed by atoms with Crippen molar-refractivity contribution in [2.75, 3.05) is 37.7 Å². The molecule has 0 saturated carbocycles. The van der Waals surface area contributed by atoms with Crippen molar-refractivity contribution < 1.29 is 17.9 Å². The molecule has 1 saturated heterocycles. The van der Waals surface area contributed by atoms with Crippen LogP contribution in [0.15, 0.2) is 57.9 Å². The van der Waals surface area contributed by atoms with Gasteiger partial charge in [-0.15, -0.1) is 0 Å². The fraction of sp³-hybridized carbons (Fsp3) is 0.318. The summed E-state index contributed by atoms with van der Waals surface area (Å²) in [5.74, 6) is -0.116. The number of halogens is 1. The van der Waals surface area contributed by atoms with Gasteiger partial charge in [-0.2, -0.15) is 4.31 Å². The Hall–Kier alpha value is -2.56. The standard InChI is InChI=1S/C22H23BrN4O4S/c1-2-31-22(28)20-21(25-19-7-4-3-6-18(19)24-20)26-12-5-13-27(15-14-26)32(29,30)17-10-8-16(23)9-11-17/h3-4,6-11H,2,5,12-15H2,1H3. The van der Waals surface area contributed by atoms with Gasteiger partial charge in [0.05, 0.1) is 22.5 Å². The van der Waals surface area contributed by atoms with E-state index in [0.29, 0.717) is 42.9 Å². The second-order valence-electron chi connectivity index (χ2n) is 7.30. The summed E-state index contributed by atoms with van der Waals surface area (Å²) in [6.07, 6.45) is 0.590. The van der Waals surface area contributed by atoms with Gasteiger partial charge >= 0.3 is 5.97 Å². The highest BCUT2D eigenvalue weighted by atomic mass is 79.9. The normalized spacial score (nSPS) is 15.5. The number of aromatic nitrogens is 2. The first kappa shape index (κ1) is 22.6. The number of carbonyl (C=O) groups excluding carboxylic acids is 1. The van der Waals surface area contributed by atoms with Crippen LogP contribution in [0.3, 0.4) is 0 Å². The maximum absolute atomic E-state index is 13.1. The van der Waals surface area contributed by atoms with Crippen molar-refractivity contribution in [3.05, 3.63) is 58.7 Å². The molecule has 8 nitrogen and oxygen atoms in total. The minimum absolute atomic E-state index is 0.148. The average molecular weight is 519 g/mol. The van der Waals surface area contributed by atoms with Crippen molar-refractivity contribution in [2.24, 2.45) is 0 Å². The van der Waals surface area contributed by atoms with Gasteiger partial charge in [0.15, 0.2) is 11.5 Å². The molecular weight excluding hydrogens is 496 g/mol. The summed E-state index contributed by atoms with van der Waals surface area (Å²) in [7, 11) is -3.62. The number of esters is 1. The first-order chi connectivity index (χ1) is 15.4. The zero-order valence-electron chi connectivity index (χ0n) is 17.6. The number of ether oxygens (including phenoxy) is 1. The molecule has 1 fully saturated rings. The zero-order chi connectivity index (χ0) is 22.7. The number of carbonyl (C=O) groups is 1. The lowest BCUT2D eigenvalue weighted by Crippen LogP contribution is -2.36. The van der Waals surface area contributed by atoms with Crippen LogP contribution in [0.5, 0.6) is 0 Å². The van der Waals surface area contributed by atoms with Crippen LogP contribution in [-0.4, -0.2) is 61.4 Å². The maximum Gasteiger partial charge on any atom is 0.360 e. The van der Waals surface area contributed by atoms with Crippen LogP contribution in [0.1, 0.15) is 23.8 Å². The van der Waals surface area contributed by atoms with Gasteiger partial charge in [0.2, 0.25) is 10.0 Å². The number of anilines is 1. The molecule has 4 rings (SSSR count). The highest BCUT2D eigenvalue weighted by molar-refractivity contribution is 9.10. The molecule has 168 valence electrons. The Morgan fingerprint density at radius 1 is 1.00 bits per heavy atom. The average Bonchev–Trinajstić information content (AvgIpc) is 3.05. The molecule has 0 aliphatic carbocycles. The molecule has 0 amide bonds.